The van der Waals surface area contributed by atoms with E-state index in [1.807, 2.05) is 34.9 Å². The Balaban J connectivity index is 2.15. The summed E-state index contributed by atoms with van der Waals surface area (Å²) >= 11 is 11.0. The summed E-state index contributed by atoms with van der Waals surface area (Å²) in [7, 11) is 1.56. The Bertz CT molecular complexity index is 978. The lowest BCUT2D eigenvalue weighted by molar-refractivity contribution is -0.117. The summed E-state index contributed by atoms with van der Waals surface area (Å²) in [4.78, 5) is 11.5. The third-order valence-corrected chi connectivity index (χ3v) is 5.70. The van der Waals surface area contributed by atoms with Crippen LogP contribution in [-0.4, -0.2) is 33.0 Å². The highest BCUT2D eigenvalue weighted by molar-refractivity contribution is 9.10. The number of ether oxygens (including phenoxy) is 1. The van der Waals surface area contributed by atoms with Crippen molar-refractivity contribution in [2.75, 3.05) is 7.11 Å². The van der Waals surface area contributed by atoms with Gasteiger partial charge in [0.2, 0.25) is 5.91 Å². The van der Waals surface area contributed by atoms with Gasteiger partial charge in [0.1, 0.15) is 5.75 Å². The zero-order valence-corrected chi connectivity index (χ0v) is 17.7. The first-order valence-electron chi connectivity index (χ1n) is 7.92. The minimum atomic E-state index is -0.459. The Labute approximate surface area is 174 Å². The molecule has 3 aromatic rings. The fraction of sp³-hybridized carbons (Fsp3) is 0.167. The molecule has 1 heterocycles. The van der Waals surface area contributed by atoms with Crippen LogP contribution in [0.1, 0.15) is 6.92 Å². The molecule has 140 valence electrons. The molecule has 0 fully saturated rings. The fourth-order valence-corrected chi connectivity index (χ4v) is 3.71. The van der Waals surface area contributed by atoms with Crippen molar-refractivity contribution >= 4 is 45.2 Å². The molecule has 1 unspecified atom stereocenters. The van der Waals surface area contributed by atoms with E-state index in [1.54, 1.807) is 26.2 Å². The third-order valence-electron chi connectivity index (χ3n) is 3.81. The molecule has 1 aromatic heterocycles. The van der Waals surface area contributed by atoms with Crippen molar-refractivity contribution < 1.29 is 9.53 Å². The fourth-order valence-electron chi connectivity index (χ4n) is 2.38. The summed E-state index contributed by atoms with van der Waals surface area (Å²) < 4.78 is 8.03. The summed E-state index contributed by atoms with van der Waals surface area (Å²) in [5.41, 5.74) is 7.03. The lowest BCUT2D eigenvalue weighted by Crippen LogP contribution is -2.23. The maximum absolute atomic E-state index is 11.5. The molecule has 2 N–H and O–H groups in total. The van der Waals surface area contributed by atoms with Gasteiger partial charge in [-0.3, -0.25) is 9.36 Å². The quantitative estimate of drug-likeness (QED) is 0.546. The van der Waals surface area contributed by atoms with Crippen molar-refractivity contribution in [3.05, 3.63) is 52.0 Å². The number of amides is 1. The second-order valence-corrected chi connectivity index (χ2v) is 8.26. The summed E-state index contributed by atoms with van der Waals surface area (Å²) in [6.45, 7) is 1.73. The molecule has 0 saturated carbocycles. The Morgan fingerprint density at radius 3 is 2.56 bits per heavy atom. The molecule has 0 radical (unpaired) electrons. The van der Waals surface area contributed by atoms with Crippen molar-refractivity contribution in [3.8, 4) is 22.8 Å². The molecule has 1 atom stereocenters. The van der Waals surface area contributed by atoms with Gasteiger partial charge in [-0.1, -0.05) is 51.4 Å². The topological polar surface area (TPSA) is 83.0 Å². The largest absolute Gasteiger partial charge is 0.495 e. The second kappa shape index (κ2) is 8.33. The van der Waals surface area contributed by atoms with Gasteiger partial charge in [-0.05, 0) is 37.3 Å². The van der Waals surface area contributed by atoms with Gasteiger partial charge in [0.05, 0.1) is 23.1 Å². The normalized spacial score (nSPS) is 12.0. The summed E-state index contributed by atoms with van der Waals surface area (Å²) in [5.74, 6) is 0.772. The molecule has 0 spiro atoms. The molecular weight excluding hydrogens is 452 g/mol. The Hall–Kier alpha value is -2.03. The van der Waals surface area contributed by atoms with Crippen molar-refractivity contribution in [1.82, 2.24) is 14.8 Å². The smallest absolute Gasteiger partial charge is 0.230 e. The third kappa shape index (κ3) is 4.28. The number of aromatic nitrogens is 3. The van der Waals surface area contributed by atoms with Crippen LogP contribution in [0.4, 0.5) is 0 Å². The number of methoxy groups -OCH3 is 1. The predicted octanol–water partition coefficient (Wildman–Crippen LogP) is 4.32. The Morgan fingerprint density at radius 1 is 1.26 bits per heavy atom. The number of hydrogen-bond acceptors (Lipinski definition) is 5. The number of benzene rings is 2. The van der Waals surface area contributed by atoms with Crippen LogP contribution in [0.5, 0.6) is 5.75 Å². The first-order chi connectivity index (χ1) is 12.9. The monoisotopic (exact) mass is 466 g/mol. The van der Waals surface area contributed by atoms with Crippen molar-refractivity contribution in [1.29, 1.82) is 0 Å². The average molecular weight is 468 g/mol. The van der Waals surface area contributed by atoms with Crippen LogP contribution in [0, 0.1) is 0 Å². The molecule has 2 aromatic carbocycles. The number of hydrogen-bond donors (Lipinski definition) is 1. The van der Waals surface area contributed by atoms with Crippen molar-refractivity contribution in [3.63, 3.8) is 0 Å². The van der Waals surface area contributed by atoms with Crippen LogP contribution in [-0.2, 0) is 4.79 Å². The average Bonchev–Trinajstić information content (AvgIpc) is 3.05. The second-order valence-electron chi connectivity index (χ2n) is 5.63. The number of primary amides is 1. The van der Waals surface area contributed by atoms with Gasteiger partial charge in [-0.25, -0.2) is 0 Å². The van der Waals surface area contributed by atoms with E-state index < -0.39 is 11.2 Å². The van der Waals surface area contributed by atoms with Gasteiger partial charge in [0, 0.05) is 10.0 Å². The maximum Gasteiger partial charge on any atom is 0.230 e. The molecule has 27 heavy (non-hydrogen) atoms. The van der Waals surface area contributed by atoms with Crippen LogP contribution < -0.4 is 10.5 Å². The summed E-state index contributed by atoms with van der Waals surface area (Å²) in [5, 5.41) is 9.14. The molecule has 0 aliphatic carbocycles. The van der Waals surface area contributed by atoms with Gasteiger partial charge in [-0.2, -0.15) is 0 Å². The van der Waals surface area contributed by atoms with E-state index >= 15 is 0 Å². The van der Waals surface area contributed by atoms with E-state index in [-0.39, 0.29) is 0 Å². The minimum absolute atomic E-state index is 0.424. The minimum Gasteiger partial charge on any atom is -0.495 e. The number of carbonyl (C=O) groups is 1. The predicted molar refractivity (Wildman–Crippen MR) is 111 cm³/mol. The summed E-state index contributed by atoms with van der Waals surface area (Å²) in [6, 6.07) is 13.1. The molecule has 0 bridgehead atoms. The molecule has 0 aliphatic rings. The molecule has 0 aliphatic heterocycles. The van der Waals surface area contributed by atoms with E-state index in [0.29, 0.717) is 21.8 Å². The van der Waals surface area contributed by atoms with E-state index in [9.17, 15) is 4.79 Å². The maximum atomic E-state index is 11.5. The number of halogens is 2. The number of carbonyl (C=O) groups excluding carboxylic acids is 1. The summed E-state index contributed by atoms with van der Waals surface area (Å²) in [6.07, 6.45) is 0. The molecule has 1 amide bonds. The molecule has 0 saturated heterocycles. The van der Waals surface area contributed by atoms with Gasteiger partial charge in [0.25, 0.3) is 0 Å². The highest BCUT2D eigenvalue weighted by Crippen LogP contribution is 2.33. The number of nitrogens with zero attached hydrogens (tertiary/aromatic N) is 3. The molecule has 3 rings (SSSR count). The van der Waals surface area contributed by atoms with Gasteiger partial charge >= 0.3 is 0 Å². The van der Waals surface area contributed by atoms with Crippen LogP contribution in [0.3, 0.4) is 0 Å². The van der Waals surface area contributed by atoms with Gasteiger partial charge < -0.3 is 10.5 Å². The van der Waals surface area contributed by atoms with Crippen LogP contribution in [0.2, 0.25) is 5.02 Å². The van der Waals surface area contributed by atoms with E-state index in [0.717, 1.165) is 15.7 Å². The molecular formula is C18H16BrClN4O2S. The SMILES string of the molecule is COc1ccc(-n2c(SC(C)C(N)=O)nnc2-c2ccc(Br)cc2)cc1Cl. The zero-order chi connectivity index (χ0) is 19.6. The van der Waals surface area contributed by atoms with E-state index in [2.05, 4.69) is 26.1 Å². The lowest BCUT2D eigenvalue weighted by Gasteiger charge is -2.13. The van der Waals surface area contributed by atoms with Gasteiger partial charge in [0.15, 0.2) is 11.0 Å². The number of thioether (sulfide) groups is 1. The molecule has 6 nitrogen and oxygen atoms in total. The van der Waals surface area contributed by atoms with E-state index in [4.69, 9.17) is 22.1 Å². The van der Waals surface area contributed by atoms with Crippen LogP contribution in [0.15, 0.2) is 52.1 Å². The highest BCUT2D eigenvalue weighted by atomic mass is 79.9. The van der Waals surface area contributed by atoms with Gasteiger partial charge in [-0.15, -0.1) is 10.2 Å². The lowest BCUT2D eigenvalue weighted by atomic mass is 10.2. The van der Waals surface area contributed by atoms with E-state index in [1.165, 1.54) is 11.8 Å². The Morgan fingerprint density at radius 2 is 1.96 bits per heavy atom. The standard InChI is InChI=1S/C18H16BrClN4O2S/c1-10(16(21)25)27-18-23-22-17(11-3-5-12(19)6-4-11)24(18)13-7-8-15(26-2)14(20)9-13/h3-10H,1-2H3,(H2,21,25). The molecule has 9 heteroatoms. The highest BCUT2D eigenvalue weighted by Gasteiger charge is 2.21. The Kier molecular flexibility index (Phi) is 6.08. The zero-order valence-electron chi connectivity index (χ0n) is 14.5. The van der Waals surface area contributed by atoms with Crippen molar-refractivity contribution in [2.24, 2.45) is 5.73 Å². The first kappa shape index (κ1) is 19.7. The van der Waals surface area contributed by atoms with Crippen LogP contribution in [0.25, 0.3) is 17.1 Å². The number of rotatable bonds is 6. The van der Waals surface area contributed by atoms with Crippen LogP contribution >= 0.6 is 39.3 Å². The number of nitrogens with two attached hydrogens (primary N) is 1. The first-order valence-corrected chi connectivity index (χ1v) is 9.97. The van der Waals surface area contributed by atoms with Crippen molar-refractivity contribution in [2.45, 2.75) is 17.3 Å².